The Hall–Kier alpha value is -1.71. The van der Waals surface area contributed by atoms with E-state index in [1.54, 1.807) is 12.1 Å². The number of nitrogens with one attached hydrogen (secondary N) is 1. The molecule has 1 heterocycles. The van der Waals surface area contributed by atoms with Gasteiger partial charge in [-0.2, -0.15) is 0 Å². The van der Waals surface area contributed by atoms with Crippen molar-refractivity contribution >= 4 is 17.4 Å². The Morgan fingerprint density at radius 3 is 2.95 bits per heavy atom. The molecule has 0 fully saturated rings. The second-order valence-electron chi connectivity index (χ2n) is 5.22. The fourth-order valence-corrected chi connectivity index (χ4v) is 2.81. The predicted octanol–water partition coefficient (Wildman–Crippen LogP) is 3.55. The predicted molar refractivity (Wildman–Crippen MR) is 81.3 cm³/mol. The molecule has 0 amide bonds. The molecule has 4 heteroatoms. The molecule has 2 aromatic rings. The monoisotopic (exact) mass is 303 g/mol. The molecular formula is C17H15ClFNO. The molecule has 0 spiro atoms. The van der Waals surface area contributed by atoms with Crippen LogP contribution < -0.4 is 5.32 Å². The Morgan fingerprint density at radius 1 is 1.24 bits per heavy atom. The highest BCUT2D eigenvalue weighted by molar-refractivity contribution is 6.31. The zero-order valence-electron chi connectivity index (χ0n) is 11.5. The van der Waals surface area contributed by atoms with Crippen LogP contribution in [-0.2, 0) is 19.4 Å². The molecule has 2 aromatic carbocycles. The first-order chi connectivity index (χ1) is 10.1. The van der Waals surface area contributed by atoms with E-state index in [1.165, 1.54) is 11.6 Å². The van der Waals surface area contributed by atoms with Crippen LogP contribution in [0.4, 0.5) is 4.39 Å². The topological polar surface area (TPSA) is 29.1 Å². The third kappa shape index (κ3) is 2.99. The zero-order valence-corrected chi connectivity index (χ0v) is 12.2. The maximum absolute atomic E-state index is 13.4. The largest absolute Gasteiger partial charge is 0.312 e. The number of ketones is 1. The van der Waals surface area contributed by atoms with Crippen molar-refractivity contribution in [1.29, 1.82) is 0 Å². The molecule has 0 saturated carbocycles. The van der Waals surface area contributed by atoms with E-state index < -0.39 is 5.82 Å². The molecule has 0 aromatic heterocycles. The van der Waals surface area contributed by atoms with Gasteiger partial charge in [-0.15, -0.1) is 0 Å². The number of fused-ring (bicyclic) bond motifs is 1. The van der Waals surface area contributed by atoms with Gasteiger partial charge < -0.3 is 5.32 Å². The van der Waals surface area contributed by atoms with Gasteiger partial charge in [0.2, 0.25) is 0 Å². The number of rotatable bonds is 3. The van der Waals surface area contributed by atoms with Crippen LogP contribution in [-0.4, -0.2) is 12.3 Å². The highest BCUT2D eigenvalue weighted by Gasteiger charge is 2.15. The number of halogens is 2. The van der Waals surface area contributed by atoms with E-state index >= 15 is 0 Å². The number of Topliss-reactive ketones (excluding diaryl/α,β-unsaturated/α-hetero) is 1. The molecule has 21 heavy (non-hydrogen) atoms. The standard InChI is InChI=1S/C17H15ClFNO/c18-17-13(2-1-3-15(17)19)9-16(21)12-5-4-11-6-7-20-10-14(11)8-12/h1-5,8,20H,6-7,9-10H2. The van der Waals surface area contributed by atoms with Crippen molar-refractivity contribution in [2.45, 2.75) is 19.4 Å². The Labute approximate surface area is 127 Å². The SMILES string of the molecule is O=C(Cc1cccc(F)c1Cl)c1ccc2c(c1)CNCC2. The van der Waals surface area contributed by atoms with Crippen LogP contribution in [0, 0.1) is 5.82 Å². The van der Waals surface area contributed by atoms with E-state index in [9.17, 15) is 9.18 Å². The van der Waals surface area contributed by atoms with Gasteiger partial charge in [-0.25, -0.2) is 4.39 Å². The minimum atomic E-state index is -0.489. The number of carbonyl (C=O) groups excluding carboxylic acids is 1. The van der Waals surface area contributed by atoms with Crippen molar-refractivity contribution in [3.8, 4) is 0 Å². The molecule has 0 saturated heterocycles. The molecule has 1 aliphatic heterocycles. The van der Waals surface area contributed by atoms with Crippen molar-refractivity contribution in [1.82, 2.24) is 5.32 Å². The van der Waals surface area contributed by atoms with Crippen molar-refractivity contribution in [2.24, 2.45) is 0 Å². The highest BCUT2D eigenvalue weighted by Crippen LogP contribution is 2.22. The Kier molecular flexibility index (Phi) is 4.04. The molecule has 0 atom stereocenters. The minimum absolute atomic E-state index is 0.0328. The van der Waals surface area contributed by atoms with Gasteiger partial charge in [-0.3, -0.25) is 4.79 Å². The van der Waals surface area contributed by atoms with E-state index in [2.05, 4.69) is 5.32 Å². The number of carbonyl (C=O) groups is 1. The molecule has 1 aliphatic rings. The van der Waals surface area contributed by atoms with Crippen LogP contribution in [0.3, 0.4) is 0 Å². The minimum Gasteiger partial charge on any atom is -0.312 e. The number of hydrogen-bond donors (Lipinski definition) is 1. The summed E-state index contributed by atoms with van der Waals surface area (Å²) in [6.45, 7) is 1.76. The van der Waals surface area contributed by atoms with Crippen molar-refractivity contribution in [2.75, 3.05) is 6.54 Å². The highest BCUT2D eigenvalue weighted by atomic mass is 35.5. The zero-order chi connectivity index (χ0) is 14.8. The quantitative estimate of drug-likeness (QED) is 0.879. The van der Waals surface area contributed by atoms with E-state index in [1.807, 2.05) is 18.2 Å². The summed E-state index contributed by atoms with van der Waals surface area (Å²) in [6, 6.07) is 10.3. The van der Waals surface area contributed by atoms with E-state index in [0.29, 0.717) is 11.1 Å². The average Bonchev–Trinajstić information content (AvgIpc) is 2.51. The third-order valence-electron chi connectivity index (χ3n) is 3.80. The lowest BCUT2D eigenvalue weighted by atomic mass is 9.95. The summed E-state index contributed by atoms with van der Waals surface area (Å²) in [6.07, 6.45) is 1.10. The Bertz CT molecular complexity index is 699. The molecule has 1 N–H and O–H groups in total. The maximum Gasteiger partial charge on any atom is 0.167 e. The lowest BCUT2D eigenvalue weighted by Crippen LogP contribution is -2.24. The summed E-state index contributed by atoms with van der Waals surface area (Å²) >= 11 is 5.90. The van der Waals surface area contributed by atoms with Gasteiger partial charge in [-0.05, 0) is 41.8 Å². The summed E-state index contributed by atoms with van der Waals surface area (Å²) in [5.74, 6) is -0.535. The Morgan fingerprint density at radius 2 is 2.10 bits per heavy atom. The van der Waals surface area contributed by atoms with Crippen LogP contribution in [0.1, 0.15) is 27.0 Å². The van der Waals surface area contributed by atoms with Crippen LogP contribution in [0.15, 0.2) is 36.4 Å². The first kappa shape index (κ1) is 14.2. The average molecular weight is 304 g/mol. The summed E-state index contributed by atoms with van der Waals surface area (Å²) in [5, 5.41) is 3.32. The van der Waals surface area contributed by atoms with E-state index in [4.69, 9.17) is 11.6 Å². The molecule has 0 bridgehead atoms. The first-order valence-electron chi connectivity index (χ1n) is 6.94. The van der Waals surface area contributed by atoms with Crippen LogP contribution in [0.2, 0.25) is 5.02 Å². The molecule has 0 radical (unpaired) electrons. The molecule has 108 valence electrons. The fraction of sp³-hybridized carbons (Fsp3) is 0.235. The molecule has 0 unspecified atom stereocenters. The van der Waals surface area contributed by atoms with Gasteiger partial charge in [0, 0.05) is 18.5 Å². The summed E-state index contributed by atoms with van der Waals surface area (Å²) < 4.78 is 13.4. The molecule has 3 rings (SSSR count). The summed E-state index contributed by atoms with van der Waals surface area (Å²) in [7, 11) is 0. The normalized spacial score (nSPS) is 13.8. The lowest BCUT2D eigenvalue weighted by molar-refractivity contribution is 0.0993. The summed E-state index contributed by atoms with van der Waals surface area (Å²) in [4.78, 5) is 12.4. The second-order valence-corrected chi connectivity index (χ2v) is 5.60. The van der Waals surface area contributed by atoms with Gasteiger partial charge in [0.15, 0.2) is 5.78 Å². The molecule has 0 aliphatic carbocycles. The molecule has 2 nitrogen and oxygen atoms in total. The van der Waals surface area contributed by atoms with Gasteiger partial charge in [-0.1, -0.05) is 35.9 Å². The van der Waals surface area contributed by atoms with Crippen molar-refractivity contribution in [3.05, 3.63) is 69.5 Å². The summed E-state index contributed by atoms with van der Waals surface area (Å²) in [5.41, 5.74) is 3.63. The van der Waals surface area contributed by atoms with E-state index in [0.717, 1.165) is 25.1 Å². The molecular weight excluding hydrogens is 289 g/mol. The first-order valence-corrected chi connectivity index (χ1v) is 7.31. The van der Waals surface area contributed by atoms with Gasteiger partial charge in [0.1, 0.15) is 5.82 Å². The van der Waals surface area contributed by atoms with Crippen LogP contribution in [0.5, 0.6) is 0 Å². The number of hydrogen-bond acceptors (Lipinski definition) is 2. The fourth-order valence-electron chi connectivity index (χ4n) is 2.61. The smallest absolute Gasteiger partial charge is 0.167 e. The second kappa shape index (κ2) is 5.96. The third-order valence-corrected chi connectivity index (χ3v) is 4.22. The Balaban J connectivity index is 1.84. The van der Waals surface area contributed by atoms with Crippen LogP contribution >= 0.6 is 11.6 Å². The van der Waals surface area contributed by atoms with E-state index in [-0.39, 0.29) is 17.2 Å². The van der Waals surface area contributed by atoms with Gasteiger partial charge in [0.25, 0.3) is 0 Å². The maximum atomic E-state index is 13.4. The van der Waals surface area contributed by atoms with Crippen LogP contribution in [0.25, 0.3) is 0 Å². The van der Waals surface area contributed by atoms with Gasteiger partial charge in [0.05, 0.1) is 5.02 Å². The van der Waals surface area contributed by atoms with Gasteiger partial charge >= 0.3 is 0 Å². The number of benzene rings is 2. The lowest BCUT2D eigenvalue weighted by Gasteiger charge is -2.17. The van der Waals surface area contributed by atoms with Crippen molar-refractivity contribution in [3.63, 3.8) is 0 Å². The van der Waals surface area contributed by atoms with Crippen molar-refractivity contribution < 1.29 is 9.18 Å².